The number of imide groups is 1. The van der Waals surface area contributed by atoms with E-state index in [2.05, 4.69) is 16.7 Å². The Morgan fingerprint density at radius 3 is 2.19 bits per heavy atom. The molecule has 0 aliphatic heterocycles. The molecular weight excluding hydrogens is 358 g/mol. The Balaban J connectivity index is 4.06. The molecule has 0 saturated carbocycles. The van der Waals surface area contributed by atoms with E-state index in [1.165, 1.54) is 0 Å². The maximum Gasteiger partial charge on any atom is 0.417 e. The Labute approximate surface area is 159 Å². The molecule has 0 spiro atoms. The van der Waals surface area contributed by atoms with E-state index in [0.29, 0.717) is 25.3 Å². The van der Waals surface area contributed by atoms with Crippen LogP contribution in [0.2, 0.25) is 0 Å². The lowest BCUT2D eigenvalue weighted by Crippen LogP contribution is -2.44. The van der Waals surface area contributed by atoms with Crippen molar-refractivity contribution >= 4 is 17.9 Å². The Kier molecular flexibility index (Phi) is 12.2. The van der Waals surface area contributed by atoms with E-state index < -0.39 is 24.2 Å². The normalized spacial score (nSPS) is 11.0. The van der Waals surface area contributed by atoms with Gasteiger partial charge in [0.05, 0.1) is 33.0 Å². The van der Waals surface area contributed by atoms with Gasteiger partial charge in [0.2, 0.25) is 5.91 Å². The molecule has 3 N–H and O–H groups in total. The molecule has 0 aromatic rings. The van der Waals surface area contributed by atoms with Gasteiger partial charge in [-0.1, -0.05) is 6.58 Å². The van der Waals surface area contributed by atoms with E-state index in [4.69, 9.17) is 20.1 Å². The van der Waals surface area contributed by atoms with E-state index in [1.54, 1.807) is 27.7 Å². The highest BCUT2D eigenvalue weighted by Gasteiger charge is 2.26. The van der Waals surface area contributed by atoms with E-state index in [-0.39, 0.29) is 25.7 Å². The Morgan fingerprint density at radius 1 is 1.07 bits per heavy atom. The summed E-state index contributed by atoms with van der Waals surface area (Å²) in [7, 11) is 0. The topological polar surface area (TPSA) is 129 Å². The molecule has 10 nitrogen and oxygen atoms in total. The average molecular weight is 389 g/mol. The zero-order valence-corrected chi connectivity index (χ0v) is 16.5. The van der Waals surface area contributed by atoms with Crippen molar-refractivity contribution in [2.45, 2.75) is 33.3 Å². The maximum atomic E-state index is 12.1. The third kappa shape index (κ3) is 12.9. The maximum absolute atomic E-state index is 12.1. The smallest absolute Gasteiger partial charge is 0.417 e. The van der Waals surface area contributed by atoms with Crippen molar-refractivity contribution in [3.8, 4) is 0 Å². The van der Waals surface area contributed by atoms with Gasteiger partial charge in [0.25, 0.3) is 5.91 Å². The van der Waals surface area contributed by atoms with E-state index in [0.717, 1.165) is 4.90 Å². The summed E-state index contributed by atoms with van der Waals surface area (Å²) in [4.78, 5) is 40.4. The number of amides is 3. The van der Waals surface area contributed by atoms with Crippen LogP contribution in [0.15, 0.2) is 12.2 Å². The molecule has 0 unspecified atom stereocenters. The molecule has 0 aromatic carbocycles. The van der Waals surface area contributed by atoms with Gasteiger partial charge in [0.15, 0.2) is 0 Å². The molecule has 0 aliphatic carbocycles. The molecule has 27 heavy (non-hydrogen) atoms. The number of carbonyl (C=O) groups is 3. The van der Waals surface area contributed by atoms with Crippen molar-refractivity contribution < 1.29 is 33.4 Å². The molecule has 156 valence electrons. The summed E-state index contributed by atoms with van der Waals surface area (Å²) in [5.74, 6) is 4.04. The van der Waals surface area contributed by atoms with Crippen molar-refractivity contribution in [3.05, 3.63) is 12.2 Å². The Morgan fingerprint density at radius 2 is 1.67 bits per heavy atom. The van der Waals surface area contributed by atoms with Crippen molar-refractivity contribution in [2.75, 3.05) is 46.1 Å². The molecule has 0 aliphatic rings. The van der Waals surface area contributed by atoms with Crippen LogP contribution in [0.3, 0.4) is 0 Å². The van der Waals surface area contributed by atoms with Crippen LogP contribution in [0.1, 0.15) is 27.7 Å². The van der Waals surface area contributed by atoms with E-state index in [1.807, 2.05) is 0 Å². The van der Waals surface area contributed by atoms with Gasteiger partial charge in [-0.3, -0.25) is 14.4 Å². The quantitative estimate of drug-likeness (QED) is 0.278. The first kappa shape index (κ1) is 25.0. The summed E-state index contributed by atoms with van der Waals surface area (Å²) < 4.78 is 15.8. The third-order valence-electron chi connectivity index (χ3n) is 2.87. The predicted molar refractivity (Wildman–Crippen MR) is 97.5 cm³/mol. The number of nitrogens with zero attached hydrogens (tertiary/aromatic N) is 1. The molecule has 0 bridgehead atoms. The second-order valence-electron chi connectivity index (χ2n) is 6.60. The van der Waals surface area contributed by atoms with Gasteiger partial charge in [-0.2, -0.15) is 0 Å². The van der Waals surface area contributed by atoms with Crippen molar-refractivity contribution in [2.24, 2.45) is 5.90 Å². The van der Waals surface area contributed by atoms with Crippen LogP contribution in [-0.4, -0.2) is 74.5 Å². The number of nitrogens with two attached hydrogens (primary N) is 1. The lowest BCUT2D eigenvalue weighted by Gasteiger charge is -2.25. The predicted octanol–water partition coefficient (Wildman–Crippen LogP) is 0.366. The second-order valence-corrected chi connectivity index (χ2v) is 6.60. The number of hydrogen-bond donors (Lipinski definition) is 2. The largest absolute Gasteiger partial charge is 0.443 e. The standard InChI is InChI=1S/C17H31N3O7/c1-13(2)15(22)19-6-8-24-10-11-25-9-7-20(14(21)12-26-18)16(23)27-17(3,4)5/h1,6-12,18H2,2-5H3,(H,19,22). The van der Waals surface area contributed by atoms with E-state index in [9.17, 15) is 14.4 Å². The highest BCUT2D eigenvalue weighted by Crippen LogP contribution is 2.10. The van der Waals surface area contributed by atoms with Gasteiger partial charge in [0, 0.05) is 12.1 Å². The molecule has 0 aromatic heterocycles. The second kappa shape index (κ2) is 13.2. The summed E-state index contributed by atoms with van der Waals surface area (Å²) in [6, 6.07) is 0. The molecule has 0 atom stereocenters. The highest BCUT2D eigenvalue weighted by molar-refractivity contribution is 5.93. The Bertz CT molecular complexity index is 503. The molecule has 3 amide bonds. The number of nitrogens with one attached hydrogen (secondary N) is 1. The van der Waals surface area contributed by atoms with Crippen LogP contribution in [0.5, 0.6) is 0 Å². The van der Waals surface area contributed by atoms with E-state index >= 15 is 0 Å². The molecule has 0 radical (unpaired) electrons. The number of carbonyl (C=O) groups excluding carboxylic acids is 3. The summed E-state index contributed by atoms with van der Waals surface area (Å²) in [6.45, 7) is 11.1. The lowest BCUT2D eigenvalue weighted by molar-refractivity contribution is -0.136. The molecule has 0 fully saturated rings. The fourth-order valence-corrected chi connectivity index (χ4v) is 1.65. The minimum absolute atomic E-state index is 0.00816. The molecular formula is C17H31N3O7. The first-order valence-electron chi connectivity index (χ1n) is 8.52. The van der Waals surface area contributed by atoms with Gasteiger partial charge in [-0.15, -0.1) is 0 Å². The average Bonchev–Trinajstić information content (AvgIpc) is 2.54. The van der Waals surface area contributed by atoms with Crippen LogP contribution >= 0.6 is 0 Å². The molecule has 0 saturated heterocycles. The van der Waals surface area contributed by atoms with Gasteiger partial charge >= 0.3 is 6.09 Å². The van der Waals surface area contributed by atoms with Crippen LogP contribution in [-0.2, 0) is 28.6 Å². The number of ether oxygens (including phenoxy) is 3. The lowest BCUT2D eigenvalue weighted by atomic mass is 10.2. The van der Waals surface area contributed by atoms with Crippen LogP contribution in [0, 0.1) is 0 Å². The third-order valence-corrected chi connectivity index (χ3v) is 2.87. The molecule has 0 rings (SSSR count). The monoisotopic (exact) mass is 389 g/mol. The summed E-state index contributed by atoms with van der Waals surface area (Å²) in [5, 5.41) is 2.63. The highest BCUT2D eigenvalue weighted by atomic mass is 16.6. The fraction of sp³-hybridized carbons (Fsp3) is 0.706. The first-order chi connectivity index (χ1) is 12.6. The summed E-state index contributed by atoms with van der Waals surface area (Å²) in [6.07, 6.45) is -0.794. The van der Waals surface area contributed by atoms with Crippen LogP contribution in [0.4, 0.5) is 4.79 Å². The van der Waals surface area contributed by atoms with Crippen molar-refractivity contribution in [1.29, 1.82) is 0 Å². The van der Waals surface area contributed by atoms with Crippen LogP contribution in [0.25, 0.3) is 0 Å². The Hall–Kier alpha value is -2.01. The van der Waals surface area contributed by atoms with Crippen molar-refractivity contribution in [1.82, 2.24) is 10.2 Å². The van der Waals surface area contributed by atoms with Gasteiger partial charge < -0.3 is 19.5 Å². The SMILES string of the molecule is C=C(C)C(=O)NCCOCCOCCN(C(=O)CON)C(=O)OC(C)(C)C. The molecule has 10 heteroatoms. The van der Waals surface area contributed by atoms with Gasteiger partial charge in [0.1, 0.15) is 12.2 Å². The number of hydrogen-bond acceptors (Lipinski definition) is 8. The minimum Gasteiger partial charge on any atom is -0.443 e. The van der Waals surface area contributed by atoms with Gasteiger partial charge in [-0.25, -0.2) is 15.6 Å². The fourth-order valence-electron chi connectivity index (χ4n) is 1.65. The van der Waals surface area contributed by atoms with Crippen molar-refractivity contribution in [3.63, 3.8) is 0 Å². The minimum atomic E-state index is -0.794. The zero-order valence-electron chi connectivity index (χ0n) is 16.5. The zero-order chi connectivity index (χ0) is 20.9. The van der Waals surface area contributed by atoms with Crippen LogP contribution < -0.4 is 11.2 Å². The molecule has 0 heterocycles. The number of rotatable bonds is 12. The first-order valence-corrected chi connectivity index (χ1v) is 8.52. The summed E-state index contributed by atoms with van der Waals surface area (Å²) in [5.41, 5.74) is -0.310. The summed E-state index contributed by atoms with van der Waals surface area (Å²) >= 11 is 0. The van der Waals surface area contributed by atoms with Gasteiger partial charge in [-0.05, 0) is 27.7 Å².